The van der Waals surface area contributed by atoms with Gasteiger partial charge in [-0.1, -0.05) is 12.2 Å². The second kappa shape index (κ2) is 9.30. The van der Waals surface area contributed by atoms with E-state index >= 15 is 0 Å². The number of carbonyl (C=O) groups is 3. The van der Waals surface area contributed by atoms with Gasteiger partial charge in [-0.3, -0.25) is 14.4 Å². The molecule has 0 bridgehead atoms. The zero-order valence-electron chi connectivity index (χ0n) is 12.9. The van der Waals surface area contributed by atoms with Gasteiger partial charge in [0.15, 0.2) is 0 Å². The van der Waals surface area contributed by atoms with Gasteiger partial charge in [0.05, 0.1) is 12.7 Å². The second-order valence-corrected chi connectivity index (χ2v) is 7.06. The van der Waals surface area contributed by atoms with Gasteiger partial charge in [-0.25, -0.2) is 0 Å². The maximum Gasteiger partial charge on any atom is 0.705 e. The van der Waals surface area contributed by atoms with Crippen LogP contribution in [-0.4, -0.2) is 39.9 Å². The van der Waals surface area contributed by atoms with Gasteiger partial charge >= 0.3 is 8.80 Å². The van der Waals surface area contributed by atoms with Crippen LogP contribution in [0, 0.1) is 0 Å². The summed E-state index contributed by atoms with van der Waals surface area (Å²) in [5.74, 6) is -2.02. The van der Waals surface area contributed by atoms with Crippen LogP contribution in [0.3, 0.4) is 0 Å². The minimum absolute atomic E-state index is 0.113. The van der Waals surface area contributed by atoms with Crippen molar-refractivity contribution in [3.63, 3.8) is 0 Å². The minimum atomic E-state index is -3.71. The summed E-state index contributed by atoms with van der Waals surface area (Å²) in [6.45, 7) is 9.75. The van der Waals surface area contributed by atoms with Crippen LogP contribution in [0.4, 0.5) is 0 Å². The van der Waals surface area contributed by atoms with Gasteiger partial charge in [0.1, 0.15) is 0 Å². The molecular formula is C13H22O7Si. The van der Waals surface area contributed by atoms with E-state index in [0.29, 0.717) is 19.6 Å². The van der Waals surface area contributed by atoms with Crippen LogP contribution in [0.5, 0.6) is 0 Å². The fraction of sp³-hybridized carbons (Fsp3) is 0.615. The maximum absolute atomic E-state index is 11.2. The van der Waals surface area contributed by atoms with Crippen molar-refractivity contribution < 1.29 is 32.4 Å². The van der Waals surface area contributed by atoms with Gasteiger partial charge in [-0.15, -0.1) is 0 Å². The van der Waals surface area contributed by atoms with E-state index in [1.165, 1.54) is 0 Å². The third kappa shape index (κ3) is 9.80. The summed E-state index contributed by atoms with van der Waals surface area (Å²) in [7, 11) is -3.71. The lowest BCUT2D eigenvalue weighted by molar-refractivity contribution is -0.147. The Bertz CT molecular complexity index is 365. The summed E-state index contributed by atoms with van der Waals surface area (Å²) in [4.78, 5) is 33.6. The quantitative estimate of drug-likeness (QED) is 0.362. The molecule has 0 spiro atoms. The number of hydrogen-bond acceptors (Lipinski definition) is 7. The molecule has 0 aliphatic carbocycles. The van der Waals surface area contributed by atoms with Gasteiger partial charge in [-0.2, -0.15) is 0 Å². The summed E-state index contributed by atoms with van der Waals surface area (Å²) in [6, 6.07) is 0.113. The van der Waals surface area contributed by atoms with Crippen molar-refractivity contribution in [3.05, 3.63) is 12.2 Å². The molecule has 0 atom stereocenters. The molecule has 0 heterocycles. The van der Waals surface area contributed by atoms with Gasteiger partial charge in [0, 0.05) is 27.4 Å². The number of carbonyl (C=O) groups excluding carboxylic acids is 3. The Labute approximate surface area is 125 Å². The predicted molar refractivity (Wildman–Crippen MR) is 76.1 cm³/mol. The standard InChI is InChI=1S/C13H22O7Si/c1-10(2)9-17-7-6-8-21(18-11(3)14,19-12(4)15)20-13(5)16/h1,6-9H2,2-5H3. The molecule has 120 valence electrons. The van der Waals surface area contributed by atoms with Gasteiger partial charge in [-0.05, 0) is 13.3 Å². The molecule has 8 heteroatoms. The van der Waals surface area contributed by atoms with E-state index in [-0.39, 0.29) is 6.04 Å². The molecule has 0 radical (unpaired) electrons. The normalized spacial score (nSPS) is 10.7. The molecule has 0 N–H and O–H groups in total. The Morgan fingerprint density at radius 3 is 1.67 bits per heavy atom. The highest BCUT2D eigenvalue weighted by Crippen LogP contribution is 2.19. The SMILES string of the molecule is C=C(C)COCCC[Si](OC(C)=O)(OC(C)=O)OC(C)=O. The monoisotopic (exact) mass is 318 g/mol. The molecule has 21 heavy (non-hydrogen) atoms. The molecule has 0 saturated heterocycles. The Balaban J connectivity index is 4.72. The largest absolute Gasteiger partial charge is 0.705 e. The van der Waals surface area contributed by atoms with E-state index in [0.717, 1.165) is 26.3 Å². The highest BCUT2D eigenvalue weighted by Gasteiger charge is 2.51. The van der Waals surface area contributed by atoms with Crippen molar-refractivity contribution in [2.45, 2.75) is 40.2 Å². The molecule has 0 aromatic heterocycles. The molecule has 7 nitrogen and oxygen atoms in total. The van der Waals surface area contributed by atoms with Crippen LogP contribution in [-0.2, 0) is 32.4 Å². The van der Waals surface area contributed by atoms with Crippen LogP contribution in [0.2, 0.25) is 6.04 Å². The summed E-state index contributed by atoms with van der Waals surface area (Å²) in [6.07, 6.45) is 0.410. The van der Waals surface area contributed by atoms with Crippen LogP contribution >= 0.6 is 0 Å². The first-order chi connectivity index (χ1) is 9.67. The maximum atomic E-state index is 11.2. The molecule has 0 saturated carbocycles. The van der Waals surface area contributed by atoms with Crippen molar-refractivity contribution in [3.8, 4) is 0 Å². The van der Waals surface area contributed by atoms with E-state index in [1.54, 1.807) is 0 Å². The highest BCUT2D eigenvalue weighted by atomic mass is 28.4. The average molecular weight is 318 g/mol. The zero-order valence-corrected chi connectivity index (χ0v) is 13.9. The number of ether oxygens (including phenoxy) is 1. The first kappa shape index (κ1) is 19.3. The molecule has 0 aliphatic heterocycles. The fourth-order valence-electron chi connectivity index (χ4n) is 1.51. The Hall–Kier alpha value is -1.67. The van der Waals surface area contributed by atoms with Crippen molar-refractivity contribution in [2.75, 3.05) is 13.2 Å². The molecule has 0 aromatic rings. The molecule has 0 fully saturated rings. The lowest BCUT2D eigenvalue weighted by Crippen LogP contribution is -2.49. The Morgan fingerprint density at radius 1 is 0.905 bits per heavy atom. The van der Waals surface area contributed by atoms with Crippen molar-refractivity contribution >= 4 is 26.7 Å². The predicted octanol–water partition coefficient (Wildman–Crippen LogP) is 1.60. The summed E-state index contributed by atoms with van der Waals surface area (Å²) in [5, 5.41) is 0. The molecule has 0 rings (SSSR count). The van der Waals surface area contributed by atoms with Crippen molar-refractivity contribution in [1.29, 1.82) is 0 Å². The smallest absolute Gasteiger partial charge is 0.455 e. The van der Waals surface area contributed by atoms with Crippen LogP contribution in [0.15, 0.2) is 12.2 Å². The lowest BCUT2D eigenvalue weighted by atomic mass is 10.4. The topological polar surface area (TPSA) is 88.1 Å². The molecule has 0 aliphatic rings. The van der Waals surface area contributed by atoms with Crippen molar-refractivity contribution in [2.24, 2.45) is 0 Å². The molecule has 0 amide bonds. The highest BCUT2D eigenvalue weighted by molar-refractivity contribution is 6.65. The average Bonchev–Trinajstić information content (AvgIpc) is 2.24. The van der Waals surface area contributed by atoms with E-state index in [4.69, 9.17) is 18.0 Å². The van der Waals surface area contributed by atoms with Crippen LogP contribution in [0.25, 0.3) is 0 Å². The summed E-state index contributed by atoms with van der Waals surface area (Å²) < 4.78 is 20.4. The third-order valence-electron chi connectivity index (χ3n) is 2.02. The van der Waals surface area contributed by atoms with E-state index in [9.17, 15) is 14.4 Å². The van der Waals surface area contributed by atoms with Crippen molar-refractivity contribution in [1.82, 2.24) is 0 Å². The molecular weight excluding hydrogens is 296 g/mol. The number of rotatable bonds is 9. The van der Waals surface area contributed by atoms with Crippen LogP contribution in [0.1, 0.15) is 34.1 Å². The fourth-order valence-corrected chi connectivity index (χ4v) is 3.83. The van der Waals surface area contributed by atoms with E-state index in [1.807, 2.05) is 6.92 Å². The lowest BCUT2D eigenvalue weighted by Gasteiger charge is -2.26. The van der Waals surface area contributed by atoms with Crippen LogP contribution < -0.4 is 0 Å². The molecule has 0 aromatic carbocycles. The molecule has 0 unspecified atom stereocenters. The summed E-state index contributed by atoms with van der Waals surface area (Å²) in [5.41, 5.74) is 0.874. The minimum Gasteiger partial charge on any atom is -0.455 e. The first-order valence-electron chi connectivity index (χ1n) is 6.48. The van der Waals surface area contributed by atoms with Gasteiger partial charge < -0.3 is 18.0 Å². The van der Waals surface area contributed by atoms with Gasteiger partial charge in [0.25, 0.3) is 17.9 Å². The Kier molecular flexibility index (Phi) is 8.56. The van der Waals surface area contributed by atoms with E-state index in [2.05, 4.69) is 6.58 Å². The first-order valence-corrected chi connectivity index (χ1v) is 8.41. The zero-order chi connectivity index (χ0) is 16.5. The second-order valence-electron chi connectivity index (χ2n) is 4.58. The summed E-state index contributed by atoms with van der Waals surface area (Å²) >= 11 is 0. The van der Waals surface area contributed by atoms with E-state index < -0.39 is 26.7 Å². The third-order valence-corrected chi connectivity index (χ3v) is 4.78. The van der Waals surface area contributed by atoms with Gasteiger partial charge in [0.2, 0.25) is 0 Å². The number of hydrogen-bond donors (Lipinski definition) is 0. The Morgan fingerprint density at radius 2 is 1.33 bits per heavy atom.